The number of aromatic nitrogens is 3. The molecule has 0 saturated carbocycles. The molecule has 2 heterocycles. The maximum atomic E-state index is 11.1. The Labute approximate surface area is 259 Å². The molecule has 0 fully saturated rings. The van der Waals surface area contributed by atoms with Gasteiger partial charge in [-0.15, -0.1) is 29.8 Å². The summed E-state index contributed by atoms with van der Waals surface area (Å²) in [6.45, 7) is 0. The number of para-hydroxylation sites is 2. The monoisotopic (exact) mass is 723 g/mol. The van der Waals surface area contributed by atoms with Crippen molar-refractivity contribution >= 4 is 11.0 Å². The first kappa shape index (κ1) is 27.4. The fraction of sp³-hybridized carbons (Fsp3) is 0.0270. The molecule has 0 atom stereocenters. The van der Waals surface area contributed by atoms with Crippen LogP contribution in [0, 0.1) is 6.07 Å². The molecule has 0 bridgehead atoms. The van der Waals surface area contributed by atoms with Crippen LogP contribution in [-0.4, -0.2) is 19.6 Å². The summed E-state index contributed by atoms with van der Waals surface area (Å²) in [5.74, 6) is 0.881. The second-order valence-electron chi connectivity index (χ2n) is 9.99. The normalized spacial score (nSPS) is 10.9. The quantitative estimate of drug-likeness (QED) is 0.175. The average molecular weight is 724 g/mol. The summed E-state index contributed by atoms with van der Waals surface area (Å²) >= 11 is 0. The Hall–Kier alpha value is -4.79. The molecular weight excluding hydrogens is 698 g/mol. The zero-order valence-corrected chi connectivity index (χ0v) is 24.9. The van der Waals surface area contributed by atoms with E-state index in [1.165, 1.54) is 5.56 Å². The minimum atomic E-state index is 0. The zero-order chi connectivity index (χ0) is 27.6. The molecular formula is C37H26N3OPt-. The Kier molecular flexibility index (Phi) is 7.81. The van der Waals surface area contributed by atoms with Crippen molar-refractivity contribution in [3.8, 4) is 45.2 Å². The van der Waals surface area contributed by atoms with Crippen LogP contribution in [0.2, 0.25) is 0 Å². The van der Waals surface area contributed by atoms with Crippen molar-refractivity contribution in [2.75, 3.05) is 0 Å². The molecule has 7 aromatic rings. The van der Waals surface area contributed by atoms with Gasteiger partial charge in [-0.1, -0.05) is 90.0 Å². The minimum absolute atomic E-state index is 0. The Morgan fingerprint density at radius 2 is 1.38 bits per heavy atom. The van der Waals surface area contributed by atoms with E-state index in [1.807, 2.05) is 72.8 Å². The Morgan fingerprint density at radius 1 is 0.643 bits per heavy atom. The zero-order valence-electron chi connectivity index (χ0n) is 22.6. The van der Waals surface area contributed by atoms with E-state index in [9.17, 15) is 5.11 Å². The van der Waals surface area contributed by atoms with Gasteiger partial charge in [0.2, 0.25) is 0 Å². The Morgan fingerprint density at radius 3 is 2.17 bits per heavy atom. The largest absolute Gasteiger partial charge is 0.507 e. The van der Waals surface area contributed by atoms with E-state index in [1.54, 1.807) is 12.3 Å². The molecule has 7 rings (SSSR count). The molecule has 5 aromatic carbocycles. The van der Waals surface area contributed by atoms with Crippen LogP contribution in [0.1, 0.15) is 11.1 Å². The van der Waals surface area contributed by atoms with Crippen LogP contribution in [0.15, 0.2) is 140 Å². The molecule has 0 aliphatic rings. The van der Waals surface area contributed by atoms with Gasteiger partial charge in [-0.2, -0.15) is 0 Å². The number of aromatic hydroxyl groups is 1. The molecule has 5 heteroatoms. The number of benzene rings is 5. The molecule has 42 heavy (non-hydrogen) atoms. The third-order valence-electron chi connectivity index (χ3n) is 7.28. The summed E-state index contributed by atoms with van der Waals surface area (Å²) in [7, 11) is 0. The van der Waals surface area contributed by atoms with Crippen LogP contribution < -0.4 is 0 Å². The van der Waals surface area contributed by atoms with Gasteiger partial charge >= 0.3 is 0 Å². The van der Waals surface area contributed by atoms with Crippen molar-refractivity contribution in [2.45, 2.75) is 6.42 Å². The van der Waals surface area contributed by atoms with Crippen LogP contribution in [0.4, 0.5) is 0 Å². The first-order valence-corrected chi connectivity index (χ1v) is 13.6. The van der Waals surface area contributed by atoms with Crippen molar-refractivity contribution in [3.05, 3.63) is 157 Å². The van der Waals surface area contributed by atoms with E-state index in [4.69, 9.17) is 4.98 Å². The number of imidazole rings is 1. The second kappa shape index (κ2) is 12.0. The maximum absolute atomic E-state index is 11.1. The Bertz CT molecular complexity index is 1970. The third-order valence-corrected chi connectivity index (χ3v) is 7.28. The molecule has 0 amide bonds. The molecule has 0 aliphatic carbocycles. The molecule has 206 valence electrons. The van der Waals surface area contributed by atoms with Crippen LogP contribution in [0.3, 0.4) is 0 Å². The standard InChI is InChI=1S/C37H26N3O.Pt/c41-35-21-20-27(23-26-11-3-1-4-12-26)24-32(35)37-39-36-31(17-10-19-34(36)40(37)30-15-5-2-6-16-30)28-13-9-14-29(25-28)33-18-7-8-22-38-33;/h1-22,24,41H,23H2;/q-1;. The summed E-state index contributed by atoms with van der Waals surface area (Å²) in [6.07, 6.45) is 2.56. The SMILES string of the molecule is Oc1ccc(Cc2ccccc2)cc1-c1nc2c(-c3[c-]c(-c4ccccn4)ccc3)cccc2n1-c1ccccc1.[Pt]. The van der Waals surface area contributed by atoms with Crippen molar-refractivity contribution in [1.82, 2.24) is 14.5 Å². The van der Waals surface area contributed by atoms with E-state index < -0.39 is 0 Å². The number of hydrogen-bond donors (Lipinski definition) is 1. The van der Waals surface area contributed by atoms with Gasteiger partial charge in [0, 0.05) is 38.6 Å². The van der Waals surface area contributed by atoms with Crippen LogP contribution in [0.25, 0.3) is 50.5 Å². The van der Waals surface area contributed by atoms with E-state index in [0.717, 1.165) is 51.1 Å². The van der Waals surface area contributed by atoms with Gasteiger partial charge in [-0.3, -0.25) is 9.55 Å². The van der Waals surface area contributed by atoms with Gasteiger partial charge in [-0.25, -0.2) is 4.98 Å². The van der Waals surface area contributed by atoms with Gasteiger partial charge in [-0.05, 0) is 53.9 Å². The van der Waals surface area contributed by atoms with Gasteiger partial charge in [0.15, 0.2) is 0 Å². The van der Waals surface area contributed by atoms with Crippen molar-refractivity contribution < 1.29 is 26.2 Å². The van der Waals surface area contributed by atoms with Gasteiger partial charge in [0.25, 0.3) is 0 Å². The molecule has 4 nitrogen and oxygen atoms in total. The first-order chi connectivity index (χ1) is 20.2. The third kappa shape index (κ3) is 5.30. The fourth-order valence-electron chi connectivity index (χ4n) is 5.34. The topological polar surface area (TPSA) is 50.9 Å². The van der Waals surface area contributed by atoms with Crippen LogP contribution in [0.5, 0.6) is 5.75 Å². The summed E-state index contributed by atoms with van der Waals surface area (Å²) in [6, 6.07) is 48.1. The maximum Gasteiger partial charge on any atom is 0.148 e. The van der Waals surface area contributed by atoms with Crippen molar-refractivity contribution in [2.24, 2.45) is 0 Å². The average Bonchev–Trinajstić information content (AvgIpc) is 3.43. The number of fused-ring (bicyclic) bond motifs is 1. The fourth-order valence-corrected chi connectivity index (χ4v) is 5.34. The summed E-state index contributed by atoms with van der Waals surface area (Å²) in [5, 5.41) is 11.1. The number of phenols is 1. The van der Waals surface area contributed by atoms with E-state index in [0.29, 0.717) is 11.4 Å². The van der Waals surface area contributed by atoms with Crippen LogP contribution in [-0.2, 0) is 27.5 Å². The summed E-state index contributed by atoms with van der Waals surface area (Å²) in [4.78, 5) is 9.73. The molecule has 2 aromatic heterocycles. The summed E-state index contributed by atoms with van der Waals surface area (Å²) in [5.41, 5.74) is 9.48. The molecule has 0 spiro atoms. The van der Waals surface area contributed by atoms with Gasteiger partial charge in [0.05, 0.1) is 16.6 Å². The molecule has 1 N–H and O–H groups in total. The number of pyridine rings is 1. The van der Waals surface area contributed by atoms with E-state index in [-0.39, 0.29) is 26.8 Å². The number of phenolic OH excluding ortho intramolecular Hbond substituents is 1. The van der Waals surface area contributed by atoms with Gasteiger partial charge in [0.1, 0.15) is 11.6 Å². The second-order valence-corrected chi connectivity index (χ2v) is 9.99. The number of hydrogen-bond acceptors (Lipinski definition) is 3. The molecule has 0 saturated heterocycles. The predicted octanol–water partition coefficient (Wildman–Crippen LogP) is 8.52. The number of rotatable bonds is 6. The number of nitrogens with zero attached hydrogens (tertiary/aromatic N) is 3. The molecule has 0 unspecified atom stereocenters. The van der Waals surface area contributed by atoms with Crippen molar-refractivity contribution in [1.29, 1.82) is 0 Å². The smallest absolute Gasteiger partial charge is 0.148 e. The van der Waals surface area contributed by atoms with E-state index in [2.05, 4.69) is 70.2 Å². The Balaban J connectivity index is 0.00000316. The minimum Gasteiger partial charge on any atom is -0.507 e. The van der Waals surface area contributed by atoms with E-state index >= 15 is 0 Å². The first-order valence-electron chi connectivity index (χ1n) is 13.6. The van der Waals surface area contributed by atoms with Crippen molar-refractivity contribution in [3.63, 3.8) is 0 Å². The van der Waals surface area contributed by atoms with Crippen LogP contribution >= 0.6 is 0 Å². The summed E-state index contributed by atoms with van der Waals surface area (Å²) < 4.78 is 2.13. The molecule has 0 radical (unpaired) electrons. The molecule has 0 aliphatic heterocycles. The predicted molar refractivity (Wildman–Crippen MR) is 165 cm³/mol. The van der Waals surface area contributed by atoms with Gasteiger partial charge < -0.3 is 5.11 Å².